The molecule has 1 heterocycles. The van der Waals surface area contributed by atoms with Crippen LogP contribution < -0.4 is 4.72 Å². The van der Waals surface area contributed by atoms with E-state index in [1.54, 1.807) is 50.5 Å². The summed E-state index contributed by atoms with van der Waals surface area (Å²) in [6.07, 6.45) is -0.395. The third-order valence-electron chi connectivity index (χ3n) is 4.64. The number of piperazine rings is 1. The van der Waals surface area contributed by atoms with Crippen LogP contribution >= 0.6 is 0 Å². The van der Waals surface area contributed by atoms with Crippen molar-refractivity contribution in [3.8, 4) is 0 Å². The molecule has 0 saturated carbocycles. The van der Waals surface area contributed by atoms with Crippen molar-refractivity contribution in [3.63, 3.8) is 0 Å². The van der Waals surface area contributed by atoms with E-state index in [0.717, 1.165) is 5.56 Å². The number of nitrogens with zero attached hydrogens (tertiary/aromatic N) is 2. The summed E-state index contributed by atoms with van der Waals surface area (Å²) in [6.45, 7) is 10.4. The number of hydrogen-bond acceptors (Lipinski definition) is 5. The van der Waals surface area contributed by atoms with Crippen molar-refractivity contribution in [2.24, 2.45) is 0 Å². The van der Waals surface area contributed by atoms with Gasteiger partial charge in [-0.15, -0.1) is 0 Å². The lowest BCUT2D eigenvalue weighted by atomic mass is 10.0. The smallest absolute Gasteiger partial charge is 0.410 e. The fourth-order valence-electron chi connectivity index (χ4n) is 2.94. The number of aryl methyl sites for hydroxylation is 1. The molecule has 1 N–H and O–H groups in total. The Morgan fingerprint density at radius 3 is 2.07 bits per heavy atom. The van der Waals surface area contributed by atoms with Gasteiger partial charge in [0, 0.05) is 31.7 Å². The highest BCUT2D eigenvalue weighted by atomic mass is 32.2. The Hall–Kier alpha value is -2.13. The molecule has 0 aromatic heterocycles. The van der Waals surface area contributed by atoms with Gasteiger partial charge in [0.2, 0.25) is 10.0 Å². The van der Waals surface area contributed by atoms with Crippen molar-refractivity contribution in [3.05, 3.63) is 28.8 Å². The Balaban J connectivity index is 2.15. The van der Waals surface area contributed by atoms with Gasteiger partial charge in [-0.2, -0.15) is 0 Å². The molecule has 1 fully saturated rings. The molecule has 1 aliphatic heterocycles. The van der Waals surface area contributed by atoms with Gasteiger partial charge in [0.15, 0.2) is 0 Å². The summed E-state index contributed by atoms with van der Waals surface area (Å²) >= 11 is 0. The quantitative estimate of drug-likeness (QED) is 0.820. The van der Waals surface area contributed by atoms with E-state index < -0.39 is 21.7 Å². The van der Waals surface area contributed by atoms with E-state index in [-0.39, 0.29) is 10.8 Å². The fraction of sp³-hybridized carbons (Fsp3) is 0.579. The predicted molar refractivity (Wildman–Crippen MR) is 106 cm³/mol. The lowest BCUT2D eigenvalue weighted by Crippen LogP contribution is -2.51. The molecule has 1 saturated heterocycles. The molecule has 0 radical (unpaired) electrons. The van der Waals surface area contributed by atoms with Crippen LogP contribution in [-0.4, -0.2) is 69.0 Å². The van der Waals surface area contributed by atoms with E-state index >= 15 is 0 Å². The standard InChI is InChI=1S/C19H29N3O5S/c1-13-11-15(12-16(14(13)2)28(25,26)20-6)17(23)21-7-9-22(10-8-21)18(24)27-19(3,4)5/h11-12,20H,7-10H2,1-6H3. The van der Waals surface area contributed by atoms with Crippen LogP contribution in [0.4, 0.5) is 4.79 Å². The molecule has 0 spiro atoms. The highest BCUT2D eigenvalue weighted by Crippen LogP contribution is 2.22. The Labute approximate surface area is 166 Å². The van der Waals surface area contributed by atoms with Gasteiger partial charge in [-0.1, -0.05) is 0 Å². The van der Waals surface area contributed by atoms with Gasteiger partial charge < -0.3 is 14.5 Å². The van der Waals surface area contributed by atoms with Crippen molar-refractivity contribution in [1.29, 1.82) is 0 Å². The summed E-state index contributed by atoms with van der Waals surface area (Å²) in [5.74, 6) is -0.250. The molecule has 8 nitrogen and oxygen atoms in total. The van der Waals surface area contributed by atoms with Gasteiger partial charge in [-0.05, 0) is 64.9 Å². The van der Waals surface area contributed by atoms with Gasteiger partial charge in [-0.25, -0.2) is 17.9 Å². The first-order valence-electron chi connectivity index (χ1n) is 9.17. The first-order chi connectivity index (χ1) is 12.9. The number of rotatable bonds is 3. The molecular weight excluding hydrogens is 382 g/mol. The molecule has 1 aromatic rings. The van der Waals surface area contributed by atoms with Crippen LogP contribution in [0.2, 0.25) is 0 Å². The van der Waals surface area contributed by atoms with Crippen LogP contribution in [0.15, 0.2) is 17.0 Å². The number of sulfonamides is 1. The molecule has 2 amide bonds. The first kappa shape index (κ1) is 22.2. The number of nitrogens with one attached hydrogen (secondary N) is 1. The second-order valence-corrected chi connectivity index (χ2v) is 9.74. The lowest BCUT2D eigenvalue weighted by molar-refractivity contribution is 0.0141. The number of carbonyl (C=O) groups is 2. The van der Waals surface area contributed by atoms with Gasteiger partial charge in [-0.3, -0.25) is 4.79 Å². The van der Waals surface area contributed by atoms with Crippen molar-refractivity contribution >= 4 is 22.0 Å². The molecule has 2 rings (SSSR count). The minimum Gasteiger partial charge on any atom is -0.444 e. The summed E-state index contributed by atoms with van der Waals surface area (Å²) in [5, 5.41) is 0. The van der Waals surface area contributed by atoms with Crippen molar-refractivity contribution < 1.29 is 22.7 Å². The molecule has 28 heavy (non-hydrogen) atoms. The summed E-state index contributed by atoms with van der Waals surface area (Å²) in [5.41, 5.74) is 1.09. The predicted octanol–water partition coefficient (Wildman–Crippen LogP) is 1.90. The summed E-state index contributed by atoms with van der Waals surface area (Å²) < 4.78 is 32.2. The molecule has 0 atom stereocenters. The van der Waals surface area contributed by atoms with Crippen LogP contribution in [0.1, 0.15) is 42.3 Å². The highest BCUT2D eigenvalue weighted by Gasteiger charge is 2.29. The molecule has 0 bridgehead atoms. The van der Waals surface area contributed by atoms with E-state index in [2.05, 4.69) is 4.72 Å². The Morgan fingerprint density at radius 1 is 1.04 bits per heavy atom. The van der Waals surface area contributed by atoms with Gasteiger partial charge >= 0.3 is 6.09 Å². The largest absolute Gasteiger partial charge is 0.444 e. The summed E-state index contributed by atoms with van der Waals surface area (Å²) in [6, 6.07) is 3.11. The topological polar surface area (TPSA) is 96.0 Å². The second-order valence-electron chi connectivity index (χ2n) is 7.88. The maximum atomic E-state index is 12.9. The van der Waals surface area contributed by atoms with Gasteiger partial charge in [0.05, 0.1) is 4.90 Å². The molecule has 1 aromatic carbocycles. The minimum absolute atomic E-state index is 0.103. The van der Waals surface area contributed by atoms with E-state index in [0.29, 0.717) is 37.3 Å². The van der Waals surface area contributed by atoms with Gasteiger partial charge in [0.1, 0.15) is 5.60 Å². The monoisotopic (exact) mass is 411 g/mol. The number of ether oxygens (including phenoxy) is 1. The van der Waals surface area contributed by atoms with E-state index in [1.807, 2.05) is 0 Å². The number of carbonyl (C=O) groups excluding carboxylic acids is 2. The van der Waals surface area contributed by atoms with Crippen LogP contribution in [0, 0.1) is 13.8 Å². The average Bonchev–Trinajstić information content (AvgIpc) is 2.61. The van der Waals surface area contributed by atoms with Crippen molar-refractivity contribution in [2.45, 2.75) is 45.1 Å². The van der Waals surface area contributed by atoms with Crippen molar-refractivity contribution in [2.75, 3.05) is 33.2 Å². The van der Waals surface area contributed by atoms with Crippen LogP contribution in [0.5, 0.6) is 0 Å². The minimum atomic E-state index is -3.67. The molecule has 1 aliphatic rings. The maximum Gasteiger partial charge on any atom is 0.410 e. The molecule has 156 valence electrons. The van der Waals surface area contributed by atoms with E-state index in [1.165, 1.54) is 13.1 Å². The Bertz CT molecular complexity index is 866. The maximum absolute atomic E-state index is 12.9. The number of benzene rings is 1. The summed E-state index contributed by atoms with van der Waals surface area (Å²) in [7, 11) is -2.32. The third-order valence-corrected chi connectivity index (χ3v) is 6.18. The van der Waals surface area contributed by atoms with Crippen molar-refractivity contribution in [1.82, 2.24) is 14.5 Å². The molecule has 9 heteroatoms. The SMILES string of the molecule is CNS(=O)(=O)c1cc(C(=O)N2CCN(C(=O)OC(C)(C)C)CC2)cc(C)c1C. The summed E-state index contributed by atoms with van der Waals surface area (Å²) in [4.78, 5) is 28.4. The van der Waals surface area contributed by atoms with Crippen LogP contribution in [0.25, 0.3) is 0 Å². The molecule has 0 unspecified atom stereocenters. The molecular formula is C19H29N3O5S. The Morgan fingerprint density at radius 2 is 1.57 bits per heavy atom. The normalized spacial score (nSPS) is 15.5. The van der Waals surface area contributed by atoms with E-state index in [4.69, 9.17) is 4.74 Å². The second kappa shape index (κ2) is 8.08. The van der Waals surface area contributed by atoms with Crippen LogP contribution in [-0.2, 0) is 14.8 Å². The lowest BCUT2D eigenvalue weighted by Gasteiger charge is -2.35. The van der Waals surface area contributed by atoms with Crippen LogP contribution in [0.3, 0.4) is 0 Å². The van der Waals surface area contributed by atoms with Gasteiger partial charge in [0.25, 0.3) is 5.91 Å². The highest BCUT2D eigenvalue weighted by molar-refractivity contribution is 7.89. The zero-order valence-corrected chi connectivity index (χ0v) is 18.1. The Kier molecular flexibility index (Phi) is 6.40. The first-order valence-corrected chi connectivity index (χ1v) is 10.7. The number of amides is 2. The average molecular weight is 412 g/mol. The zero-order valence-electron chi connectivity index (χ0n) is 17.3. The fourth-order valence-corrected chi connectivity index (χ4v) is 4.01. The van der Waals surface area contributed by atoms with E-state index in [9.17, 15) is 18.0 Å². The molecule has 0 aliphatic carbocycles. The zero-order chi connectivity index (χ0) is 21.3. The third kappa shape index (κ3) is 5.02. The number of hydrogen-bond donors (Lipinski definition) is 1.